The summed E-state index contributed by atoms with van der Waals surface area (Å²) in [4.78, 5) is 16.9. The third-order valence-electron chi connectivity index (χ3n) is 4.67. The van der Waals surface area contributed by atoms with Gasteiger partial charge in [0.25, 0.3) is 5.91 Å². The molecule has 1 aromatic heterocycles. The van der Waals surface area contributed by atoms with Crippen LogP contribution in [-0.2, 0) is 11.2 Å². The minimum atomic E-state index is -0.398. The molecule has 0 fully saturated rings. The van der Waals surface area contributed by atoms with Crippen LogP contribution in [0.15, 0.2) is 52.9 Å². The predicted octanol–water partition coefficient (Wildman–Crippen LogP) is 7.69. The lowest BCUT2D eigenvalue weighted by Gasteiger charge is -2.10. The van der Waals surface area contributed by atoms with Gasteiger partial charge in [0.2, 0.25) is 5.89 Å². The quantitative estimate of drug-likeness (QED) is 0.270. The third kappa shape index (κ3) is 4.97. The highest BCUT2D eigenvalue weighted by atomic mass is 35.5. The Balaban J connectivity index is 1.50. The number of nitrogens with zero attached hydrogens (tertiary/aromatic N) is 1. The summed E-state index contributed by atoms with van der Waals surface area (Å²) in [5, 5.41) is 4.03. The highest BCUT2D eigenvalue weighted by Gasteiger charge is 2.15. The number of hydrogen-bond donors (Lipinski definition) is 1. The van der Waals surface area contributed by atoms with E-state index in [0.717, 1.165) is 17.5 Å². The van der Waals surface area contributed by atoms with Gasteiger partial charge in [-0.15, -0.1) is 0 Å². The topological polar surface area (TPSA) is 64.4 Å². The number of fused-ring (bicyclic) bond motifs is 1. The summed E-state index contributed by atoms with van der Waals surface area (Å²) in [7, 11) is 0. The fourth-order valence-electron chi connectivity index (χ4n) is 3.03. The molecule has 5 nitrogen and oxygen atoms in total. The standard InChI is InChI=1S/C23H16Cl4N2O3/c1-2-12-3-6-20-19(7-12)29-23(32-20)14-8-13(4-5-15(14)24)28-22(30)11-31-21-10-17(26)16(25)9-18(21)27/h3-10H,2,11H2,1H3,(H,28,30). The highest BCUT2D eigenvalue weighted by Crippen LogP contribution is 2.34. The first-order valence-corrected chi connectivity index (χ1v) is 11.1. The molecule has 32 heavy (non-hydrogen) atoms. The summed E-state index contributed by atoms with van der Waals surface area (Å²) in [6, 6.07) is 13.8. The average Bonchev–Trinajstić information content (AvgIpc) is 3.19. The molecule has 0 atom stereocenters. The number of ether oxygens (including phenoxy) is 1. The Hall–Kier alpha value is -2.44. The molecule has 4 rings (SSSR count). The van der Waals surface area contributed by atoms with Crippen molar-refractivity contribution in [1.82, 2.24) is 4.98 Å². The Bertz CT molecular complexity index is 1320. The zero-order chi connectivity index (χ0) is 22.8. The SMILES string of the molecule is CCc1ccc2oc(-c3cc(NC(=O)COc4cc(Cl)c(Cl)cc4Cl)ccc3Cl)nc2c1. The molecule has 1 heterocycles. The van der Waals surface area contributed by atoms with Crippen molar-refractivity contribution in [3.8, 4) is 17.2 Å². The molecule has 3 aromatic carbocycles. The summed E-state index contributed by atoms with van der Waals surface area (Å²) in [6.45, 7) is 1.79. The first kappa shape index (κ1) is 22.7. The summed E-state index contributed by atoms with van der Waals surface area (Å²) in [6.07, 6.45) is 0.899. The van der Waals surface area contributed by atoms with E-state index in [2.05, 4.69) is 17.2 Å². The van der Waals surface area contributed by atoms with E-state index in [9.17, 15) is 4.79 Å². The first-order valence-electron chi connectivity index (χ1n) is 9.60. The zero-order valence-electron chi connectivity index (χ0n) is 16.7. The number of aryl methyl sites for hydroxylation is 1. The number of oxazole rings is 1. The molecule has 1 N–H and O–H groups in total. The van der Waals surface area contributed by atoms with Gasteiger partial charge in [0.1, 0.15) is 11.3 Å². The fraction of sp³-hybridized carbons (Fsp3) is 0.130. The van der Waals surface area contributed by atoms with Crippen LogP contribution in [-0.4, -0.2) is 17.5 Å². The van der Waals surface area contributed by atoms with Crippen LogP contribution >= 0.6 is 46.4 Å². The van der Waals surface area contributed by atoms with Crippen LogP contribution in [0.5, 0.6) is 5.75 Å². The number of halogens is 4. The zero-order valence-corrected chi connectivity index (χ0v) is 19.7. The second kappa shape index (κ2) is 9.59. The van der Waals surface area contributed by atoms with E-state index in [4.69, 9.17) is 55.6 Å². The molecule has 0 aliphatic rings. The fourth-order valence-corrected chi connectivity index (χ4v) is 3.82. The third-order valence-corrected chi connectivity index (χ3v) is 6.02. The van der Waals surface area contributed by atoms with E-state index < -0.39 is 5.91 Å². The van der Waals surface area contributed by atoms with Gasteiger partial charge in [-0.3, -0.25) is 4.79 Å². The van der Waals surface area contributed by atoms with Crippen LogP contribution in [0.25, 0.3) is 22.6 Å². The van der Waals surface area contributed by atoms with Crippen molar-refractivity contribution in [3.63, 3.8) is 0 Å². The molecule has 1 amide bonds. The monoisotopic (exact) mass is 508 g/mol. The van der Waals surface area contributed by atoms with Gasteiger partial charge in [-0.1, -0.05) is 59.4 Å². The Labute approximate surface area is 204 Å². The Morgan fingerprint density at radius 3 is 2.53 bits per heavy atom. The number of rotatable bonds is 6. The predicted molar refractivity (Wildman–Crippen MR) is 129 cm³/mol. The normalized spacial score (nSPS) is 11.0. The molecule has 9 heteroatoms. The molecule has 4 aromatic rings. The first-order chi connectivity index (χ1) is 15.3. The molecule has 0 aliphatic heterocycles. The molecule has 0 radical (unpaired) electrons. The summed E-state index contributed by atoms with van der Waals surface area (Å²) < 4.78 is 11.3. The van der Waals surface area contributed by atoms with Crippen molar-refractivity contribution >= 4 is 69.1 Å². The van der Waals surface area contributed by atoms with Crippen molar-refractivity contribution < 1.29 is 13.9 Å². The Kier molecular flexibility index (Phi) is 6.82. The maximum atomic E-state index is 12.4. The van der Waals surface area contributed by atoms with Crippen LogP contribution in [0.4, 0.5) is 5.69 Å². The van der Waals surface area contributed by atoms with Gasteiger partial charge in [-0.25, -0.2) is 4.98 Å². The van der Waals surface area contributed by atoms with Crippen LogP contribution in [0, 0.1) is 0 Å². The second-order valence-corrected chi connectivity index (χ2v) is 8.53. The van der Waals surface area contributed by atoms with Gasteiger partial charge in [0, 0.05) is 11.8 Å². The lowest BCUT2D eigenvalue weighted by atomic mass is 10.1. The smallest absolute Gasteiger partial charge is 0.262 e. The largest absolute Gasteiger partial charge is 0.482 e. The Morgan fingerprint density at radius 2 is 1.75 bits per heavy atom. The van der Waals surface area contributed by atoms with E-state index in [-0.39, 0.29) is 22.4 Å². The van der Waals surface area contributed by atoms with Gasteiger partial charge < -0.3 is 14.5 Å². The van der Waals surface area contributed by atoms with Crippen LogP contribution < -0.4 is 10.1 Å². The van der Waals surface area contributed by atoms with Gasteiger partial charge in [0.15, 0.2) is 12.2 Å². The molecule has 0 bridgehead atoms. The summed E-state index contributed by atoms with van der Waals surface area (Å²) in [5.74, 6) is 0.227. The van der Waals surface area contributed by atoms with Crippen molar-refractivity contribution in [2.75, 3.05) is 11.9 Å². The minimum Gasteiger partial charge on any atom is -0.482 e. The number of benzene rings is 3. The second-order valence-electron chi connectivity index (χ2n) is 6.90. The molecular formula is C23H16Cl4N2O3. The van der Waals surface area contributed by atoms with E-state index in [1.165, 1.54) is 12.1 Å². The van der Waals surface area contributed by atoms with E-state index in [1.807, 2.05) is 18.2 Å². The number of amides is 1. The van der Waals surface area contributed by atoms with E-state index in [1.54, 1.807) is 18.2 Å². The lowest BCUT2D eigenvalue weighted by molar-refractivity contribution is -0.118. The number of carbonyl (C=O) groups excluding carboxylic acids is 1. The molecule has 0 spiro atoms. The molecule has 164 valence electrons. The van der Waals surface area contributed by atoms with Gasteiger partial charge in [-0.2, -0.15) is 0 Å². The van der Waals surface area contributed by atoms with Crippen molar-refractivity contribution in [2.24, 2.45) is 0 Å². The number of hydrogen-bond acceptors (Lipinski definition) is 4. The lowest BCUT2D eigenvalue weighted by Crippen LogP contribution is -2.20. The number of carbonyl (C=O) groups is 1. The van der Waals surface area contributed by atoms with Crippen LogP contribution in [0.3, 0.4) is 0 Å². The number of nitrogens with one attached hydrogen (secondary N) is 1. The van der Waals surface area contributed by atoms with Crippen molar-refractivity contribution in [1.29, 1.82) is 0 Å². The van der Waals surface area contributed by atoms with Crippen LogP contribution in [0.2, 0.25) is 20.1 Å². The average molecular weight is 510 g/mol. The van der Waals surface area contributed by atoms with E-state index in [0.29, 0.717) is 32.8 Å². The molecular weight excluding hydrogens is 494 g/mol. The summed E-state index contributed by atoms with van der Waals surface area (Å²) >= 11 is 24.3. The number of anilines is 1. The molecule has 0 unspecified atom stereocenters. The van der Waals surface area contributed by atoms with E-state index >= 15 is 0 Å². The van der Waals surface area contributed by atoms with Crippen molar-refractivity contribution in [3.05, 3.63) is 74.2 Å². The molecule has 0 aliphatic carbocycles. The highest BCUT2D eigenvalue weighted by molar-refractivity contribution is 6.43. The van der Waals surface area contributed by atoms with Crippen LogP contribution in [0.1, 0.15) is 12.5 Å². The van der Waals surface area contributed by atoms with Gasteiger partial charge in [0.05, 0.1) is 25.7 Å². The number of aromatic nitrogens is 1. The van der Waals surface area contributed by atoms with Crippen molar-refractivity contribution in [2.45, 2.75) is 13.3 Å². The minimum absolute atomic E-state index is 0.253. The Morgan fingerprint density at radius 1 is 0.969 bits per heavy atom. The molecule has 0 saturated carbocycles. The molecule has 0 saturated heterocycles. The van der Waals surface area contributed by atoms with Gasteiger partial charge in [-0.05, 0) is 48.4 Å². The van der Waals surface area contributed by atoms with Gasteiger partial charge >= 0.3 is 0 Å². The maximum absolute atomic E-state index is 12.4. The maximum Gasteiger partial charge on any atom is 0.262 e. The summed E-state index contributed by atoms with van der Waals surface area (Å²) in [5.41, 5.74) is 3.64.